The average Bonchev–Trinajstić information content (AvgIpc) is 2.64. The highest BCUT2D eigenvalue weighted by atomic mass is 35.5. The average molecular weight is 272 g/mol. The van der Waals surface area contributed by atoms with Gasteiger partial charge in [0.25, 0.3) is 0 Å². The number of rotatable bonds is 2. The minimum atomic E-state index is -1.06. The number of halogens is 2. The molecule has 0 unspecified atom stereocenters. The summed E-state index contributed by atoms with van der Waals surface area (Å²) < 4.78 is 13.7. The topological polar surface area (TPSA) is 50.2 Å². The van der Waals surface area contributed by atoms with Gasteiger partial charge in [0.1, 0.15) is 9.88 Å². The Morgan fingerprint density at radius 2 is 2.24 bits per heavy atom. The maximum Gasteiger partial charge on any atom is 0.347 e. The van der Waals surface area contributed by atoms with Gasteiger partial charge in [-0.15, -0.1) is 11.3 Å². The smallest absolute Gasteiger partial charge is 0.347 e. The van der Waals surface area contributed by atoms with E-state index in [1.54, 1.807) is 13.0 Å². The van der Waals surface area contributed by atoms with Crippen molar-refractivity contribution in [1.29, 1.82) is 0 Å². The molecule has 0 atom stereocenters. The minimum absolute atomic E-state index is 0.00720. The van der Waals surface area contributed by atoms with E-state index in [0.29, 0.717) is 10.7 Å². The molecule has 0 saturated carbocycles. The fourth-order valence-corrected chi connectivity index (χ4v) is 2.48. The van der Waals surface area contributed by atoms with Crippen LogP contribution in [0.3, 0.4) is 0 Å². The van der Waals surface area contributed by atoms with E-state index >= 15 is 0 Å². The second-order valence-electron chi connectivity index (χ2n) is 3.34. The predicted octanol–water partition coefficient (Wildman–Crippen LogP) is 3.61. The molecule has 0 amide bonds. The highest BCUT2D eigenvalue weighted by Gasteiger charge is 2.17. The normalized spacial score (nSPS) is 10.5. The van der Waals surface area contributed by atoms with E-state index in [-0.39, 0.29) is 15.5 Å². The van der Waals surface area contributed by atoms with Gasteiger partial charge in [0.15, 0.2) is 5.82 Å². The van der Waals surface area contributed by atoms with Crippen LogP contribution in [0.25, 0.3) is 10.6 Å². The van der Waals surface area contributed by atoms with E-state index in [1.807, 2.05) is 0 Å². The zero-order valence-corrected chi connectivity index (χ0v) is 10.3. The summed E-state index contributed by atoms with van der Waals surface area (Å²) in [5.41, 5.74) is 0.593. The molecule has 1 N–H and O–H groups in total. The van der Waals surface area contributed by atoms with E-state index in [1.165, 1.54) is 12.1 Å². The molecule has 2 rings (SSSR count). The highest BCUT2D eigenvalue weighted by Crippen LogP contribution is 2.32. The van der Waals surface area contributed by atoms with Gasteiger partial charge in [-0.05, 0) is 19.1 Å². The number of hydrogen-bond donors (Lipinski definition) is 1. The number of hydrogen-bond acceptors (Lipinski definition) is 3. The minimum Gasteiger partial charge on any atom is -0.477 e. The number of carbonyl (C=O) groups is 1. The molecule has 0 fully saturated rings. The molecule has 1 aromatic heterocycles. The summed E-state index contributed by atoms with van der Waals surface area (Å²) in [5.74, 6) is -1.64. The largest absolute Gasteiger partial charge is 0.477 e. The molecule has 1 heterocycles. The van der Waals surface area contributed by atoms with Crippen molar-refractivity contribution in [3.63, 3.8) is 0 Å². The van der Waals surface area contributed by atoms with Crippen LogP contribution < -0.4 is 0 Å². The molecule has 0 saturated heterocycles. The number of aryl methyl sites for hydroxylation is 1. The molecular weight excluding hydrogens is 265 g/mol. The summed E-state index contributed by atoms with van der Waals surface area (Å²) >= 11 is 6.59. The summed E-state index contributed by atoms with van der Waals surface area (Å²) in [5, 5.41) is 9.21. The molecule has 88 valence electrons. The number of aromatic carboxylic acids is 1. The molecule has 6 heteroatoms. The number of carboxylic acid groups (broad SMARTS) is 1. The van der Waals surface area contributed by atoms with Crippen molar-refractivity contribution in [2.45, 2.75) is 6.92 Å². The van der Waals surface area contributed by atoms with Gasteiger partial charge in [-0.25, -0.2) is 14.2 Å². The van der Waals surface area contributed by atoms with Crippen LogP contribution >= 0.6 is 22.9 Å². The molecule has 0 spiro atoms. The van der Waals surface area contributed by atoms with Gasteiger partial charge in [0.2, 0.25) is 0 Å². The van der Waals surface area contributed by atoms with Crippen molar-refractivity contribution >= 4 is 28.9 Å². The molecule has 0 aliphatic heterocycles. The zero-order chi connectivity index (χ0) is 12.6. The van der Waals surface area contributed by atoms with Crippen LogP contribution in [-0.4, -0.2) is 16.1 Å². The molecule has 0 aliphatic rings. The quantitative estimate of drug-likeness (QED) is 0.908. The summed E-state index contributed by atoms with van der Waals surface area (Å²) in [4.78, 5) is 15.0. The Labute approximate surface area is 106 Å². The van der Waals surface area contributed by atoms with Crippen LogP contribution in [0.1, 0.15) is 15.4 Å². The fraction of sp³-hybridized carbons (Fsp3) is 0.0909. The number of thiazole rings is 1. The van der Waals surface area contributed by atoms with Gasteiger partial charge in [-0.3, -0.25) is 0 Å². The Balaban J connectivity index is 2.58. The maximum absolute atomic E-state index is 13.7. The van der Waals surface area contributed by atoms with Gasteiger partial charge in [-0.2, -0.15) is 0 Å². The third-order valence-corrected chi connectivity index (χ3v) is 3.64. The Morgan fingerprint density at radius 3 is 2.82 bits per heavy atom. The van der Waals surface area contributed by atoms with E-state index in [9.17, 15) is 9.18 Å². The van der Waals surface area contributed by atoms with E-state index < -0.39 is 11.8 Å². The Hall–Kier alpha value is -1.46. The zero-order valence-electron chi connectivity index (χ0n) is 8.70. The van der Waals surface area contributed by atoms with Gasteiger partial charge in [0, 0.05) is 5.56 Å². The number of nitrogens with zero attached hydrogens (tertiary/aromatic N) is 1. The van der Waals surface area contributed by atoms with Crippen LogP contribution in [0, 0.1) is 12.7 Å². The lowest BCUT2D eigenvalue weighted by Gasteiger charge is -1.99. The Kier molecular flexibility index (Phi) is 3.13. The second kappa shape index (κ2) is 4.43. The summed E-state index contributed by atoms with van der Waals surface area (Å²) in [7, 11) is 0. The summed E-state index contributed by atoms with van der Waals surface area (Å²) in [6.07, 6.45) is 0. The van der Waals surface area contributed by atoms with Gasteiger partial charge in [0.05, 0.1) is 10.7 Å². The monoisotopic (exact) mass is 271 g/mol. The third-order valence-electron chi connectivity index (χ3n) is 2.17. The lowest BCUT2D eigenvalue weighted by atomic mass is 10.2. The third kappa shape index (κ3) is 2.16. The molecule has 3 nitrogen and oxygen atoms in total. The predicted molar refractivity (Wildman–Crippen MR) is 64.2 cm³/mol. The van der Waals surface area contributed by atoms with Crippen LogP contribution in [0.2, 0.25) is 5.02 Å². The molecule has 2 aromatic rings. The number of carboxylic acids is 1. The van der Waals surface area contributed by atoms with Crippen molar-refractivity contribution in [2.75, 3.05) is 0 Å². The number of benzene rings is 1. The first kappa shape index (κ1) is 12.0. The van der Waals surface area contributed by atoms with Crippen LogP contribution in [0.4, 0.5) is 4.39 Å². The van der Waals surface area contributed by atoms with Crippen molar-refractivity contribution < 1.29 is 14.3 Å². The Bertz CT molecular complexity index is 597. The molecule has 17 heavy (non-hydrogen) atoms. The van der Waals surface area contributed by atoms with Crippen molar-refractivity contribution in [1.82, 2.24) is 4.98 Å². The van der Waals surface area contributed by atoms with Crippen LogP contribution in [0.15, 0.2) is 18.2 Å². The standard InChI is InChI=1S/C11H7ClFNO2S/c1-5-9(11(15)16)17-10(14-5)6-3-2-4-7(12)8(6)13/h2-4H,1H3,(H,15,16). The first-order valence-corrected chi connectivity index (χ1v) is 5.85. The van der Waals surface area contributed by atoms with Crippen LogP contribution in [-0.2, 0) is 0 Å². The van der Waals surface area contributed by atoms with Crippen LogP contribution in [0.5, 0.6) is 0 Å². The van der Waals surface area contributed by atoms with Gasteiger partial charge in [-0.1, -0.05) is 17.7 Å². The first-order chi connectivity index (χ1) is 8.00. The van der Waals surface area contributed by atoms with E-state index in [2.05, 4.69) is 4.98 Å². The van der Waals surface area contributed by atoms with Crippen molar-refractivity contribution in [3.8, 4) is 10.6 Å². The lowest BCUT2D eigenvalue weighted by molar-refractivity contribution is 0.0701. The van der Waals surface area contributed by atoms with Gasteiger partial charge >= 0.3 is 5.97 Å². The van der Waals surface area contributed by atoms with E-state index in [4.69, 9.17) is 16.7 Å². The second-order valence-corrected chi connectivity index (χ2v) is 4.75. The Morgan fingerprint density at radius 1 is 1.53 bits per heavy atom. The SMILES string of the molecule is Cc1nc(-c2cccc(Cl)c2F)sc1C(=O)O. The van der Waals surface area contributed by atoms with Crippen molar-refractivity contribution in [2.24, 2.45) is 0 Å². The molecular formula is C11H7ClFNO2S. The fourth-order valence-electron chi connectivity index (χ4n) is 1.38. The van der Waals surface area contributed by atoms with E-state index in [0.717, 1.165) is 11.3 Å². The molecule has 1 aromatic carbocycles. The van der Waals surface area contributed by atoms with Gasteiger partial charge < -0.3 is 5.11 Å². The molecule has 0 bridgehead atoms. The summed E-state index contributed by atoms with van der Waals surface area (Å²) in [6.45, 7) is 1.58. The first-order valence-electron chi connectivity index (χ1n) is 4.66. The summed E-state index contributed by atoms with van der Waals surface area (Å²) in [6, 6.07) is 4.54. The molecule has 0 radical (unpaired) electrons. The maximum atomic E-state index is 13.7. The molecule has 0 aliphatic carbocycles. The highest BCUT2D eigenvalue weighted by molar-refractivity contribution is 7.17. The lowest BCUT2D eigenvalue weighted by Crippen LogP contribution is -1.94. The number of aromatic nitrogens is 1. The van der Waals surface area contributed by atoms with Crippen molar-refractivity contribution in [3.05, 3.63) is 39.6 Å².